The van der Waals surface area contributed by atoms with Crippen LogP contribution in [-0.4, -0.2) is 66.2 Å². The van der Waals surface area contributed by atoms with Crippen LogP contribution in [0.1, 0.15) is 58.3 Å². The van der Waals surface area contributed by atoms with Gasteiger partial charge < -0.3 is 10.4 Å². The number of imide groups is 1. The zero-order valence-corrected chi connectivity index (χ0v) is 17.3. The molecule has 1 aliphatic heterocycles. The summed E-state index contributed by atoms with van der Waals surface area (Å²) < 4.78 is 23.2. The number of nitrogens with one attached hydrogen (secondary N) is 1. The molecule has 9 nitrogen and oxygen atoms in total. The second-order valence-corrected chi connectivity index (χ2v) is 9.74. The highest BCUT2D eigenvalue weighted by Crippen LogP contribution is 2.25. The van der Waals surface area contributed by atoms with Crippen molar-refractivity contribution in [3.63, 3.8) is 0 Å². The average Bonchev–Trinajstić information content (AvgIpc) is 2.88. The van der Waals surface area contributed by atoms with Crippen LogP contribution >= 0.6 is 0 Å². The lowest BCUT2D eigenvalue weighted by molar-refractivity contribution is -0.139. The Hall–Kier alpha value is -2.75. The molecule has 0 aliphatic carbocycles. The molecule has 1 heterocycles. The van der Waals surface area contributed by atoms with Crippen molar-refractivity contribution in [2.24, 2.45) is 5.92 Å². The highest BCUT2D eigenvalue weighted by molar-refractivity contribution is 7.91. The van der Waals surface area contributed by atoms with E-state index in [2.05, 4.69) is 5.32 Å². The molecule has 0 spiro atoms. The van der Waals surface area contributed by atoms with Crippen molar-refractivity contribution < 1.29 is 32.7 Å². The fraction of sp³-hybridized carbons (Fsp3) is 0.474. The van der Waals surface area contributed by atoms with Gasteiger partial charge in [-0.2, -0.15) is 0 Å². The summed E-state index contributed by atoms with van der Waals surface area (Å²) in [4.78, 5) is 49.8. The van der Waals surface area contributed by atoms with Gasteiger partial charge in [0.05, 0.1) is 16.9 Å². The highest BCUT2D eigenvalue weighted by Gasteiger charge is 2.36. The maximum atomic E-state index is 12.5. The molecule has 0 saturated heterocycles. The minimum Gasteiger partial charge on any atom is -0.480 e. The van der Waals surface area contributed by atoms with Crippen LogP contribution in [-0.2, 0) is 14.6 Å². The van der Waals surface area contributed by atoms with Gasteiger partial charge in [0.2, 0.25) is 0 Å². The van der Waals surface area contributed by atoms with Crippen LogP contribution in [0.15, 0.2) is 18.2 Å². The highest BCUT2D eigenvalue weighted by atomic mass is 32.2. The second-order valence-electron chi connectivity index (χ2n) is 7.26. The van der Waals surface area contributed by atoms with Crippen LogP contribution in [0.25, 0.3) is 0 Å². The molecule has 1 aromatic carbocycles. The van der Waals surface area contributed by atoms with E-state index in [-0.39, 0.29) is 47.1 Å². The number of hydrogen-bond acceptors (Lipinski definition) is 6. The van der Waals surface area contributed by atoms with Crippen molar-refractivity contribution in [3.8, 4) is 0 Å². The van der Waals surface area contributed by atoms with Crippen molar-refractivity contribution in [1.29, 1.82) is 0 Å². The Kier molecular flexibility index (Phi) is 6.78. The van der Waals surface area contributed by atoms with E-state index in [0.717, 1.165) is 4.90 Å². The summed E-state index contributed by atoms with van der Waals surface area (Å²) in [5.74, 6) is -3.48. The Bertz CT molecular complexity index is 953. The zero-order chi connectivity index (χ0) is 21.9. The summed E-state index contributed by atoms with van der Waals surface area (Å²) in [7, 11) is -3.39. The van der Waals surface area contributed by atoms with Crippen LogP contribution in [0.5, 0.6) is 0 Å². The lowest BCUT2D eigenvalue weighted by Gasteiger charge is -2.15. The number of nitrogens with zero attached hydrogens (tertiary/aromatic N) is 1. The molecule has 0 fully saturated rings. The topological polar surface area (TPSA) is 138 Å². The molecule has 3 amide bonds. The predicted octanol–water partition coefficient (Wildman–Crippen LogP) is 0.946. The van der Waals surface area contributed by atoms with Crippen molar-refractivity contribution in [2.45, 2.75) is 33.2 Å². The van der Waals surface area contributed by atoms with E-state index in [9.17, 15) is 32.7 Å². The maximum Gasteiger partial charge on any atom is 0.326 e. The van der Waals surface area contributed by atoms with Gasteiger partial charge in [0, 0.05) is 17.9 Å². The average molecular weight is 424 g/mol. The van der Waals surface area contributed by atoms with E-state index >= 15 is 0 Å². The number of rotatable bonds is 9. The molecule has 0 bridgehead atoms. The SMILES string of the molecule is CCS(=O)(=O)CCC(NC(=O)c1ccc2c(c1)C(=O)N(CC(C)C)C2=O)C(=O)O. The maximum absolute atomic E-state index is 12.5. The van der Waals surface area contributed by atoms with Crippen LogP contribution in [0.3, 0.4) is 0 Å². The molecule has 0 aromatic heterocycles. The first kappa shape index (κ1) is 22.5. The third-order valence-corrected chi connectivity index (χ3v) is 6.28. The van der Waals surface area contributed by atoms with E-state index < -0.39 is 39.6 Å². The molecule has 29 heavy (non-hydrogen) atoms. The van der Waals surface area contributed by atoms with Gasteiger partial charge in [-0.25, -0.2) is 13.2 Å². The number of hydrogen-bond donors (Lipinski definition) is 2. The summed E-state index contributed by atoms with van der Waals surface area (Å²) in [6.07, 6.45) is -0.276. The molecule has 1 unspecified atom stereocenters. The number of carboxylic acid groups (broad SMARTS) is 1. The van der Waals surface area contributed by atoms with Gasteiger partial charge in [0.1, 0.15) is 15.9 Å². The summed E-state index contributed by atoms with van der Waals surface area (Å²) in [5, 5.41) is 11.6. The van der Waals surface area contributed by atoms with Gasteiger partial charge in [-0.15, -0.1) is 0 Å². The Morgan fingerprint density at radius 3 is 2.31 bits per heavy atom. The van der Waals surface area contributed by atoms with Crippen LogP contribution in [0.4, 0.5) is 0 Å². The molecule has 10 heteroatoms. The van der Waals surface area contributed by atoms with Gasteiger partial charge in [-0.1, -0.05) is 20.8 Å². The first-order valence-corrected chi connectivity index (χ1v) is 11.0. The Morgan fingerprint density at radius 1 is 1.14 bits per heavy atom. The predicted molar refractivity (Wildman–Crippen MR) is 104 cm³/mol. The van der Waals surface area contributed by atoms with Gasteiger partial charge in [-0.05, 0) is 30.5 Å². The number of carbonyl (C=O) groups is 4. The van der Waals surface area contributed by atoms with Gasteiger partial charge in [0.15, 0.2) is 0 Å². The number of aliphatic carboxylic acids is 1. The quantitative estimate of drug-likeness (QED) is 0.563. The van der Waals surface area contributed by atoms with Crippen molar-refractivity contribution >= 4 is 33.5 Å². The monoisotopic (exact) mass is 424 g/mol. The molecule has 0 radical (unpaired) electrons. The number of benzene rings is 1. The van der Waals surface area contributed by atoms with E-state index in [1.165, 1.54) is 25.1 Å². The third kappa shape index (κ3) is 5.20. The molecular formula is C19H24N2O7S. The summed E-state index contributed by atoms with van der Waals surface area (Å²) in [6, 6.07) is 2.56. The number of carboxylic acids is 1. The van der Waals surface area contributed by atoms with Gasteiger partial charge in [0.25, 0.3) is 17.7 Å². The minimum atomic E-state index is -3.39. The molecule has 0 saturated carbocycles. The van der Waals surface area contributed by atoms with Crippen LogP contribution < -0.4 is 5.32 Å². The Morgan fingerprint density at radius 2 is 1.76 bits per heavy atom. The molecule has 1 aromatic rings. The van der Waals surface area contributed by atoms with E-state index in [1.54, 1.807) is 0 Å². The summed E-state index contributed by atoms with van der Waals surface area (Å²) >= 11 is 0. The van der Waals surface area contributed by atoms with Gasteiger partial charge >= 0.3 is 5.97 Å². The number of fused-ring (bicyclic) bond motifs is 1. The van der Waals surface area contributed by atoms with Crippen molar-refractivity contribution in [1.82, 2.24) is 10.2 Å². The Balaban J connectivity index is 2.18. The van der Waals surface area contributed by atoms with Crippen molar-refractivity contribution in [3.05, 3.63) is 34.9 Å². The van der Waals surface area contributed by atoms with E-state index in [0.29, 0.717) is 0 Å². The van der Waals surface area contributed by atoms with E-state index in [4.69, 9.17) is 0 Å². The first-order chi connectivity index (χ1) is 13.5. The Labute approximate surface area is 169 Å². The molecular weight excluding hydrogens is 400 g/mol. The van der Waals surface area contributed by atoms with Crippen molar-refractivity contribution in [2.75, 3.05) is 18.1 Å². The molecule has 2 N–H and O–H groups in total. The standard InChI is InChI=1S/C19H24N2O7S/c1-4-29(27,28)8-7-15(19(25)26)20-16(22)12-5-6-13-14(9-12)18(24)21(17(13)23)10-11(2)3/h5-6,9,11,15H,4,7-8,10H2,1-3H3,(H,20,22)(H,25,26). The number of amides is 3. The largest absolute Gasteiger partial charge is 0.480 e. The lowest BCUT2D eigenvalue weighted by atomic mass is 10.0. The fourth-order valence-electron chi connectivity index (χ4n) is 2.90. The fourth-order valence-corrected chi connectivity index (χ4v) is 3.79. The molecule has 158 valence electrons. The minimum absolute atomic E-state index is 0.0147. The molecule has 1 atom stereocenters. The van der Waals surface area contributed by atoms with Gasteiger partial charge in [-0.3, -0.25) is 19.3 Å². The smallest absolute Gasteiger partial charge is 0.326 e. The molecule has 2 rings (SSSR count). The zero-order valence-electron chi connectivity index (χ0n) is 16.5. The second kappa shape index (κ2) is 8.73. The van der Waals surface area contributed by atoms with Crippen LogP contribution in [0.2, 0.25) is 0 Å². The number of sulfone groups is 1. The van der Waals surface area contributed by atoms with E-state index in [1.807, 2.05) is 13.8 Å². The summed E-state index contributed by atoms with van der Waals surface area (Å²) in [6.45, 7) is 5.44. The molecule has 1 aliphatic rings. The lowest BCUT2D eigenvalue weighted by Crippen LogP contribution is -2.42. The van der Waals surface area contributed by atoms with Crippen LogP contribution in [0, 0.1) is 5.92 Å². The summed E-state index contributed by atoms with van der Waals surface area (Å²) in [5.41, 5.74) is 0.292. The third-order valence-electron chi connectivity index (χ3n) is 4.54. The number of carbonyl (C=O) groups excluding carboxylic acids is 3. The first-order valence-electron chi connectivity index (χ1n) is 9.21. The normalized spacial score (nSPS) is 14.8.